The summed E-state index contributed by atoms with van der Waals surface area (Å²) in [7, 11) is 1.53. The molecular weight excluding hydrogens is 490 g/mol. The second-order valence-corrected chi connectivity index (χ2v) is 9.07. The van der Waals surface area contributed by atoms with Crippen LogP contribution in [-0.2, 0) is 43.0 Å². The number of rotatable bonds is 9. The number of halogens is 6. The van der Waals surface area contributed by atoms with Crippen molar-refractivity contribution in [1.29, 1.82) is 0 Å². The number of methoxy groups -OCH3 is 1. The summed E-state index contributed by atoms with van der Waals surface area (Å²) in [6, 6.07) is 16.2. The van der Waals surface area contributed by atoms with E-state index in [0.29, 0.717) is 59.8 Å². The quantitative estimate of drug-likeness (QED) is 0.205. The third kappa shape index (κ3) is 6.52. The van der Waals surface area contributed by atoms with Crippen LogP contribution in [0.25, 0.3) is 10.8 Å². The van der Waals surface area contributed by atoms with E-state index in [1.54, 1.807) is 30.3 Å². The molecule has 4 rings (SSSR count). The van der Waals surface area contributed by atoms with Crippen LogP contribution in [0.2, 0.25) is 0 Å². The highest BCUT2D eigenvalue weighted by atomic mass is 19.4. The van der Waals surface area contributed by atoms with Crippen molar-refractivity contribution in [3.05, 3.63) is 118 Å². The van der Waals surface area contributed by atoms with E-state index in [-0.39, 0.29) is 17.8 Å². The summed E-state index contributed by atoms with van der Waals surface area (Å²) >= 11 is 0. The zero-order valence-corrected chi connectivity index (χ0v) is 20.3. The summed E-state index contributed by atoms with van der Waals surface area (Å²) in [5.41, 5.74) is 1.83. The highest BCUT2D eigenvalue weighted by Crippen LogP contribution is 2.30. The Hall–Kier alpha value is -3.32. The van der Waals surface area contributed by atoms with Crippen molar-refractivity contribution in [1.82, 2.24) is 0 Å². The molecule has 0 heterocycles. The minimum absolute atomic E-state index is 0.0195. The van der Waals surface area contributed by atoms with Gasteiger partial charge in [-0.2, -0.15) is 13.2 Å². The molecule has 0 bridgehead atoms. The number of ether oxygens (including phenoxy) is 1. The van der Waals surface area contributed by atoms with E-state index < -0.39 is 23.4 Å². The summed E-state index contributed by atoms with van der Waals surface area (Å²) in [4.78, 5) is 0. The average Bonchev–Trinajstić information content (AvgIpc) is 2.86. The monoisotopic (exact) mass is 516 g/mol. The van der Waals surface area contributed by atoms with Crippen LogP contribution in [0.15, 0.2) is 66.7 Å². The van der Waals surface area contributed by atoms with Gasteiger partial charge in [-0.3, -0.25) is 0 Å². The molecule has 4 aromatic rings. The number of benzene rings is 4. The molecule has 0 aliphatic rings. The summed E-state index contributed by atoms with van der Waals surface area (Å²) in [5, 5.41) is 1.10. The van der Waals surface area contributed by atoms with Gasteiger partial charge in [0.15, 0.2) is 0 Å². The van der Waals surface area contributed by atoms with Crippen LogP contribution in [0.1, 0.15) is 33.4 Å². The Morgan fingerprint density at radius 3 is 1.95 bits per heavy atom. The molecule has 0 amide bonds. The molecule has 0 atom stereocenters. The van der Waals surface area contributed by atoms with E-state index >= 15 is 4.39 Å². The Morgan fingerprint density at radius 2 is 1.30 bits per heavy atom. The molecule has 4 aromatic carbocycles. The molecule has 0 N–H and O–H groups in total. The number of alkyl halides is 3. The Kier molecular flexibility index (Phi) is 8.22. The maximum absolute atomic E-state index is 15.2. The molecule has 0 aromatic heterocycles. The fraction of sp³-hybridized carbons (Fsp3) is 0.267. The second-order valence-electron chi connectivity index (χ2n) is 9.07. The third-order valence-corrected chi connectivity index (χ3v) is 6.52. The van der Waals surface area contributed by atoms with Gasteiger partial charge in [0.1, 0.15) is 17.5 Å². The van der Waals surface area contributed by atoms with E-state index in [2.05, 4.69) is 0 Å². The second kappa shape index (κ2) is 11.4. The van der Waals surface area contributed by atoms with Gasteiger partial charge in [0.05, 0.1) is 12.2 Å². The zero-order valence-electron chi connectivity index (χ0n) is 20.3. The summed E-state index contributed by atoms with van der Waals surface area (Å²) < 4.78 is 87.3. The maximum atomic E-state index is 15.2. The molecule has 0 spiro atoms. The van der Waals surface area contributed by atoms with Crippen molar-refractivity contribution in [2.24, 2.45) is 0 Å². The molecule has 7 heteroatoms. The van der Waals surface area contributed by atoms with Crippen molar-refractivity contribution >= 4 is 10.8 Å². The number of hydrogen-bond donors (Lipinski definition) is 0. The largest absolute Gasteiger partial charge is 0.416 e. The van der Waals surface area contributed by atoms with E-state index in [9.17, 15) is 22.0 Å². The lowest BCUT2D eigenvalue weighted by Crippen LogP contribution is -2.04. The predicted molar refractivity (Wildman–Crippen MR) is 132 cm³/mol. The first kappa shape index (κ1) is 26.7. The lowest BCUT2D eigenvalue weighted by Gasteiger charge is -2.11. The van der Waals surface area contributed by atoms with Crippen LogP contribution in [-0.4, -0.2) is 13.7 Å². The van der Waals surface area contributed by atoms with Gasteiger partial charge in [-0.25, -0.2) is 13.2 Å². The van der Waals surface area contributed by atoms with Crippen LogP contribution >= 0.6 is 0 Å². The van der Waals surface area contributed by atoms with Crippen LogP contribution in [0.4, 0.5) is 26.3 Å². The predicted octanol–water partition coefficient (Wildman–Crippen LogP) is 8.04. The lowest BCUT2D eigenvalue weighted by atomic mass is 9.96. The molecule has 0 aliphatic heterocycles. The van der Waals surface area contributed by atoms with Crippen LogP contribution in [0.5, 0.6) is 0 Å². The first-order valence-corrected chi connectivity index (χ1v) is 12.0. The molecule has 1 nitrogen and oxygen atoms in total. The van der Waals surface area contributed by atoms with E-state index in [0.717, 1.165) is 17.7 Å². The number of aryl methyl sites for hydroxylation is 3. The van der Waals surface area contributed by atoms with Crippen molar-refractivity contribution in [2.45, 2.75) is 38.3 Å². The fourth-order valence-corrected chi connectivity index (χ4v) is 4.40. The average molecular weight is 517 g/mol. The van der Waals surface area contributed by atoms with Gasteiger partial charge in [0.25, 0.3) is 0 Å². The Bertz CT molecular complexity index is 1350. The Labute approximate surface area is 211 Å². The summed E-state index contributed by atoms with van der Waals surface area (Å²) in [5.74, 6) is -1.55. The van der Waals surface area contributed by atoms with Gasteiger partial charge in [-0.05, 0) is 84.0 Å². The van der Waals surface area contributed by atoms with Crippen molar-refractivity contribution in [3.8, 4) is 0 Å². The Morgan fingerprint density at radius 1 is 0.649 bits per heavy atom. The molecule has 0 saturated carbocycles. The van der Waals surface area contributed by atoms with Crippen molar-refractivity contribution < 1.29 is 31.1 Å². The number of fused-ring (bicyclic) bond motifs is 1. The van der Waals surface area contributed by atoms with Crippen LogP contribution in [0, 0.1) is 17.5 Å². The number of hydrogen-bond acceptors (Lipinski definition) is 1. The minimum Gasteiger partial charge on any atom is -0.384 e. The maximum Gasteiger partial charge on any atom is 0.416 e. The zero-order chi connectivity index (χ0) is 26.6. The Balaban J connectivity index is 1.43. The fourth-order valence-electron chi connectivity index (χ4n) is 4.40. The minimum atomic E-state index is -4.39. The molecule has 0 radical (unpaired) electrons. The van der Waals surface area contributed by atoms with E-state index in [1.807, 2.05) is 0 Å². The summed E-state index contributed by atoms with van der Waals surface area (Å²) in [6.07, 6.45) is -2.67. The topological polar surface area (TPSA) is 9.23 Å². The molecule has 0 fully saturated rings. The molecule has 0 unspecified atom stereocenters. The van der Waals surface area contributed by atoms with Crippen molar-refractivity contribution in [3.63, 3.8) is 0 Å². The van der Waals surface area contributed by atoms with Gasteiger partial charge >= 0.3 is 6.18 Å². The standard InChI is InChI=1S/C30H26F6O/c1-37-15-14-21-17-27(31)26(28(32)18-21)13-6-20-5-12-25-23(16-20)9-8-22(29(25)33)7-2-19-3-10-24(11-4-19)30(34,35)36/h3-5,8-12,16-18H,2,6-7,13-15H2,1H3. The first-order valence-electron chi connectivity index (χ1n) is 12.0. The highest BCUT2D eigenvalue weighted by molar-refractivity contribution is 5.84. The van der Waals surface area contributed by atoms with E-state index in [4.69, 9.17) is 4.74 Å². The smallest absolute Gasteiger partial charge is 0.384 e. The van der Waals surface area contributed by atoms with Gasteiger partial charge < -0.3 is 4.74 Å². The lowest BCUT2D eigenvalue weighted by molar-refractivity contribution is -0.137. The molecule has 0 aliphatic carbocycles. The van der Waals surface area contributed by atoms with Gasteiger partial charge in [0, 0.05) is 18.1 Å². The van der Waals surface area contributed by atoms with Gasteiger partial charge in [-0.15, -0.1) is 0 Å². The van der Waals surface area contributed by atoms with Crippen LogP contribution in [0.3, 0.4) is 0 Å². The highest BCUT2D eigenvalue weighted by Gasteiger charge is 2.29. The molecule has 194 valence electrons. The van der Waals surface area contributed by atoms with Gasteiger partial charge in [0.2, 0.25) is 0 Å². The normalized spacial score (nSPS) is 11.9. The third-order valence-electron chi connectivity index (χ3n) is 6.52. The van der Waals surface area contributed by atoms with Gasteiger partial charge in [-0.1, -0.05) is 42.5 Å². The SMILES string of the molecule is COCCc1cc(F)c(CCc2ccc3c(F)c(CCc4ccc(C(F)(F)F)cc4)ccc3c2)c(F)c1. The van der Waals surface area contributed by atoms with Crippen molar-refractivity contribution in [2.75, 3.05) is 13.7 Å². The molecule has 0 saturated heterocycles. The molecular formula is C30H26F6O. The molecule has 37 heavy (non-hydrogen) atoms. The van der Waals surface area contributed by atoms with Crippen LogP contribution < -0.4 is 0 Å². The first-order chi connectivity index (χ1) is 17.7. The summed E-state index contributed by atoms with van der Waals surface area (Å²) in [6.45, 7) is 0.378. The van der Waals surface area contributed by atoms with E-state index in [1.165, 1.54) is 31.4 Å².